The molecule has 1 rings (SSSR count). The van der Waals surface area contributed by atoms with E-state index < -0.39 is 0 Å². The molecule has 0 fully saturated rings. The average Bonchev–Trinajstić information content (AvgIpc) is 2.67. The Bertz CT molecular complexity index is 367. The maximum Gasteiger partial charge on any atom is 0.110 e. The van der Waals surface area contributed by atoms with Gasteiger partial charge >= 0.3 is 0 Å². The van der Waals surface area contributed by atoms with Crippen LogP contribution in [0.4, 0.5) is 0 Å². The Morgan fingerprint density at radius 2 is 2.43 bits per heavy atom. The fraction of sp³-hybridized carbons (Fsp3) is 0.364. The molecule has 0 aliphatic carbocycles. The minimum atomic E-state index is 0.127. The third-order valence-electron chi connectivity index (χ3n) is 1.90. The van der Waals surface area contributed by atoms with Crippen molar-refractivity contribution in [3.63, 3.8) is 0 Å². The normalized spacial score (nSPS) is 11.6. The zero-order valence-corrected chi connectivity index (χ0v) is 8.90. The summed E-state index contributed by atoms with van der Waals surface area (Å²) in [6.45, 7) is 2.79. The molecule has 1 unspecified atom stereocenters. The van der Waals surface area contributed by atoms with Gasteiger partial charge in [-0.05, 0) is 18.6 Å². The summed E-state index contributed by atoms with van der Waals surface area (Å²) in [4.78, 5) is 1.89. The second-order valence-corrected chi connectivity index (χ2v) is 4.05. The van der Waals surface area contributed by atoms with Crippen LogP contribution in [0.3, 0.4) is 0 Å². The van der Waals surface area contributed by atoms with Crippen LogP contribution in [0.15, 0.2) is 12.1 Å². The second-order valence-electron chi connectivity index (χ2n) is 2.89. The lowest BCUT2D eigenvalue weighted by Gasteiger charge is -2.08. The van der Waals surface area contributed by atoms with Gasteiger partial charge in [0.2, 0.25) is 0 Å². The smallest absolute Gasteiger partial charge is 0.110 e. The fourth-order valence-electron chi connectivity index (χ4n) is 1.08. The molecular weight excluding hydrogens is 192 g/mol. The lowest BCUT2D eigenvalue weighted by Crippen LogP contribution is -2.25. The van der Waals surface area contributed by atoms with Crippen molar-refractivity contribution in [3.05, 3.63) is 21.9 Å². The summed E-state index contributed by atoms with van der Waals surface area (Å²) < 4.78 is 0. The van der Waals surface area contributed by atoms with Gasteiger partial charge < -0.3 is 0 Å². The van der Waals surface area contributed by atoms with E-state index in [-0.39, 0.29) is 6.04 Å². The van der Waals surface area contributed by atoms with E-state index in [4.69, 9.17) is 11.7 Å². The highest BCUT2D eigenvalue weighted by atomic mass is 32.1. The Morgan fingerprint density at radius 3 is 2.93 bits per heavy atom. The molecule has 3 heteroatoms. The van der Waals surface area contributed by atoms with E-state index >= 15 is 0 Å². The topological polar surface area (TPSA) is 35.8 Å². The maximum absolute atomic E-state index is 8.63. The molecule has 0 aliphatic rings. The number of rotatable bonds is 4. The number of nitrogens with zero attached hydrogens (tertiary/aromatic N) is 1. The maximum atomic E-state index is 8.63. The highest BCUT2D eigenvalue weighted by Gasteiger charge is 2.02. The summed E-state index contributed by atoms with van der Waals surface area (Å²) in [6, 6.07) is 6.03. The van der Waals surface area contributed by atoms with Gasteiger partial charge in [0.05, 0.1) is 6.04 Å². The summed E-state index contributed by atoms with van der Waals surface area (Å²) in [5.74, 6) is 2.67. The Hall–Kier alpha value is -1.29. The van der Waals surface area contributed by atoms with E-state index in [9.17, 15) is 0 Å². The van der Waals surface area contributed by atoms with Gasteiger partial charge in [0, 0.05) is 11.4 Å². The van der Waals surface area contributed by atoms with Crippen molar-refractivity contribution >= 4 is 11.3 Å². The average molecular weight is 204 g/mol. The van der Waals surface area contributed by atoms with Crippen LogP contribution in [0.5, 0.6) is 0 Å². The summed E-state index contributed by atoms with van der Waals surface area (Å²) in [7, 11) is 0. The Kier molecular flexibility index (Phi) is 4.19. The van der Waals surface area contributed by atoms with Crippen molar-refractivity contribution in [1.29, 1.82) is 5.26 Å². The van der Waals surface area contributed by atoms with Crippen LogP contribution >= 0.6 is 11.3 Å². The molecule has 0 saturated carbocycles. The van der Waals surface area contributed by atoms with Gasteiger partial charge in [-0.1, -0.05) is 12.8 Å². The Labute approximate surface area is 88.6 Å². The standard InChI is InChI=1S/C11H12N2S/c1-3-9(4-2)13-8-11-6-5-10(7-12)14-11/h1,5-6,9,13H,4,8H2,2H3. The highest BCUT2D eigenvalue weighted by molar-refractivity contribution is 7.12. The van der Waals surface area contributed by atoms with Gasteiger partial charge in [-0.25, -0.2) is 0 Å². The quantitative estimate of drug-likeness (QED) is 0.763. The van der Waals surface area contributed by atoms with Crippen molar-refractivity contribution in [1.82, 2.24) is 5.32 Å². The molecule has 0 aliphatic heterocycles. The van der Waals surface area contributed by atoms with E-state index in [1.165, 1.54) is 11.3 Å². The number of nitriles is 1. The Balaban J connectivity index is 2.46. The first-order valence-electron chi connectivity index (χ1n) is 4.48. The fourth-order valence-corrected chi connectivity index (χ4v) is 1.83. The van der Waals surface area contributed by atoms with Crippen molar-refractivity contribution in [2.75, 3.05) is 0 Å². The van der Waals surface area contributed by atoms with Crippen LogP contribution in [0.1, 0.15) is 23.1 Å². The number of nitrogens with one attached hydrogen (secondary N) is 1. The first-order valence-corrected chi connectivity index (χ1v) is 5.30. The monoisotopic (exact) mass is 204 g/mol. The molecule has 0 radical (unpaired) electrons. The van der Waals surface area contributed by atoms with E-state index in [2.05, 4.69) is 17.3 Å². The largest absolute Gasteiger partial charge is 0.299 e. The van der Waals surface area contributed by atoms with Crippen molar-refractivity contribution < 1.29 is 0 Å². The van der Waals surface area contributed by atoms with Gasteiger partial charge in [-0.2, -0.15) is 5.26 Å². The number of hydrogen-bond donors (Lipinski definition) is 1. The highest BCUT2D eigenvalue weighted by Crippen LogP contribution is 2.14. The first kappa shape index (κ1) is 10.8. The molecule has 0 saturated heterocycles. The molecule has 72 valence electrons. The van der Waals surface area contributed by atoms with Crippen LogP contribution in [0.25, 0.3) is 0 Å². The van der Waals surface area contributed by atoms with Crippen LogP contribution in [-0.4, -0.2) is 6.04 Å². The van der Waals surface area contributed by atoms with E-state index in [1.807, 2.05) is 19.1 Å². The molecular formula is C11H12N2S. The third-order valence-corrected chi connectivity index (χ3v) is 2.89. The number of terminal acetylenes is 1. The summed E-state index contributed by atoms with van der Waals surface area (Å²) in [6.07, 6.45) is 6.24. The molecule has 1 aromatic rings. The van der Waals surface area contributed by atoms with Crippen molar-refractivity contribution in [2.45, 2.75) is 25.9 Å². The molecule has 14 heavy (non-hydrogen) atoms. The molecule has 1 heterocycles. The molecule has 0 amide bonds. The minimum Gasteiger partial charge on any atom is -0.299 e. The van der Waals surface area contributed by atoms with Gasteiger partial charge in [-0.15, -0.1) is 17.8 Å². The minimum absolute atomic E-state index is 0.127. The van der Waals surface area contributed by atoms with Gasteiger partial charge in [-0.3, -0.25) is 5.32 Å². The number of thiophene rings is 1. The predicted octanol–water partition coefficient (Wildman–Crippen LogP) is 2.12. The van der Waals surface area contributed by atoms with Crippen LogP contribution in [-0.2, 0) is 6.54 Å². The molecule has 0 spiro atoms. The zero-order valence-electron chi connectivity index (χ0n) is 8.08. The SMILES string of the molecule is C#CC(CC)NCc1ccc(C#N)s1. The molecule has 0 bridgehead atoms. The van der Waals surface area contributed by atoms with Crippen LogP contribution < -0.4 is 5.32 Å². The lowest BCUT2D eigenvalue weighted by molar-refractivity contribution is 0.597. The van der Waals surface area contributed by atoms with E-state index in [1.54, 1.807) is 0 Å². The van der Waals surface area contributed by atoms with Crippen LogP contribution in [0.2, 0.25) is 0 Å². The van der Waals surface area contributed by atoms with Crippen molar-refractivity contribution in [3.8, 4) is 18.4 Å². The number of hydrogen-bond acceptors (Lipinski definition) is 3. The third kappa shape index (κ3) is 2.88. The molecule has 2 nitrogen and oxygen atoms in total. The lowest BCUT2D eigenvalue weighted by atomic mass is 10.2. The van der Waals surface area contributed by atoms with Crippen molar-refractivity contribution in [2.24, 2.45) is 0 Å². The van der Waals surface area contributed by atoms with E-state index in [0.717, 1.165) is 22.7 Å². The summed E-state index contributed by atoms with van der Waals surface area (Å²) in [5, 5.41) is 11.9. The second kappa shape index (κ2) is 5.44. The van der Waals surface area contributed by atoms with Gasteiger partial charge in [0.1, 0.15) is 10.9 Å². The van der Waals surface area contributed by atoms with Gasteiger partial charge in [0.15, 0.2) is 0 Å². The Morgan fingerprint density at radius 1 is 1.64 bits per heavy atom. The van der Waals surface area contributed by atoms with Gasteiger partial charge in [0.25, 0.3) is 0 Å². The molecule has 1 N–H and O–H groups in total. The molecule has 0 aromatic carbocycles. The van der Waals surface area contributed by atoms with Crippen LogP contribution in [0, 0.1) is 23.7 Å². The zero-order chi connectivity index (χ0) is 10.4. The summed E-state index contributed by atoms with van der Waals surface area (Å²) >= 11 is 1.50. The van der Waals surface area contributed by atoms with E-state index in [0.29, 0.717) is 0 Å². The summed E-state index contributed by atoms with van der Waals surface area (Å²) in [5.41, 5.74) is 0. The first-order chi connectivity index (χ1) is 6.80. The predicted molar refractivity (Wildman–Crippen MR) is 58.8 cm³/mol. The molecule has 1 atom stereocenters. The molecule has 1 aromatic heterocycles.